The molecule has 1 N–H and O–H groups in total. The van der Waals surface area contributed by atoms with Crippen LogP contribution in [0.5, 0.6) is 0 Å². The lowest BCUT2D eigenvalue weighted by Crippen LogP contribution is -2.29. The van der Waals surface area contributed by atoms with Gasteiger partial charge in [-0.3, -0.25) is 0 Å². The van der Waals surface area contributed by atoms with E-state index in [0.717, 1.165) is 0 Å². The fraction of sp³-hybridized carbons (Fsp3) is 0.417. The molecule has 1 aromatic rings. The monoisotopic (exact) mass is 249 g/mol. The molecule has 0 amide bonds. The standard InChI is InChI=1S/C12H15N3O3/c1-18-8-7-15(6-2-4-13)11-9-10(12(16)17)3-5-14-11/h3,5,9H,2,6-8H2,1H3,(H,16,17). The van der Waals surface area contributed by atoms with Gasteiger partial charge in [0.1, 0.15) is 5.82 Å². The van der Waals surface area contributed by atoms with Crippen LogP contribution in [0.25, 0.3) is 0 Å². The van der Waals surface area contributed by atoms with E-state index in [1.54, 1.807) is 7.11 Å². The third kappa shape index (κ3) is 4.03. The van der Waals surface area contributed by atoms with Crippen LogP contribution >= 0.6 is 0 Å². The highest BCUT2D eigenvalue weighted by Gasteiger charge is 2.10. The summed E-state index contributed by atoms with van der Waals surface area (Å²) in [6.45, 7) is 1.55. The van der Waals surface area contributed by atoms with Crippen molar-refractivity contribution in [3.05, 3.63) is 23.9 Å². The number of anilines is 1. The van der Waals surface area contributed by atoms with Gasteiger partial charge in [-0.2, -0.15) is 5.26 Å². The van der Waals surface area contributed by atoms with E-state index in [1.165, 1.54) is 18.3 Å². The van der Waals surface area contributed by atoms with E-state index in [1.807, 2.05) is 4.90 Å². The normalized spacial score (nSPS) is 9.78. The number of carbonyl (C=O) groups is 1. The van der Waals surface area contributed by atoms with Crippen molar-refractivity contribution >= 4 is 11.8 Å². The van der Waals surface area contributed by atoms with Crippen LogP contribution in [-0.2, 0) is 4.74 Å². The lowest BCUT2D eigenvalue weighted by Gasteiger charge is -2.22. The van der Waals surface area contributed by atoms with Crippen molar-refractivity contribution in [3.63, 3.8) is 0 Å². The highest BCUT2D eigenvalue weighted by molar-refractivity contribution is 5.88. The number of hydrogen-bond donors (Lipinski definition) is 1. The minimum Gasteiger partial charge on any atom is -0.478 e. The predicted molar refractivity (Wildman–Crippen MR) is 65.5 cm³/mol. The van der Waals surface area contributed by atoms with Crippen LogP contribution in [0.3, 0.4) is 0 Å². The summed E-state index contributed by atoms with van der Waals surface area (Å²) in [5.74, 6) is -0.451. The molecule has 0 aliphatic heterocycles. The van der Waals surface area contributed by atoms with Crippen molar-refractivity contribution in [1.29, 1.82) is 5.26 Å². The number of ether oxygens (including phenoxy) is 1. The number of methoxy groups -OCH3 is 1. The Bertz CT molecular complexity index is 442. The zero-order valence-corrected chi connectivity index (χ0v) is 10.2. The average Bonchev–Trinajstić information content (AvgIpc) is 2.39. The van der Waals surface area contributed by atoms with Gasteiger partial charge in [-0.15, -0.1) is 0 Å². The topological polar surface area (TPSA) is 86.5 Å². The molecule has 6 heteroatoms. The number of aromatic carboxylic acids is 1. The zero-order valence-electron chi connectivity index (χ0n) is 10.2. The van der Waals surface area contributed by atoms with Gasteiger partial charge in [0.25, 0.3) is 0 Å². The molecule has 0 aliphatic rings. The van der Waals surface area contributed by atoms with E-state index in [9.17, 15) is 4.79 Å². The van der Waals surface area contributed by atoms with Crippen molar-refractivity contribution in [2.45, 2.75) is 6.42 Å². The van der Waals surface area contributed by atoms with Crippen molar-refractivity contribution in [3.8, 4) is 6.07 Å². The summed E-state index contributed by atoms with van der Waals surface area (Å²) < 4.78 is 4.98. The van der Waals surface area contributed by atoms with Gasteiger partial charge in [0.15, 0.2) is 0 Å². The SMILES string of the molecule is COCCN(CCC#N)c1cc(C(=O)O)ccn1. The first kappa shape index (κ1) is 13.9. The van der Waals surface area contributed by atoms with Gasteiger partial charge in [0, 0.05) is 26.4 Å². The number of pyridine rings is 1. The molecule has 0 saturated heterocycles. The molecule has 96 valence electrons. The number of carboxylic acid groups (broad SMARTS) is 1. The van der Waals surface area contributed by atoms with E-state index in [4.69, 9.17) is 15.1 Å². The highest BCUT2D eigenvalue weighted by atomic mass is 16.5. The minimum atomic E-state index is -0.995. The van der Waals surface area contributed by atoms with E-state index >= 15 is 0 Å². The van der Waals surface area contributed by atoms with Crippen LogP contribution in [0.2, 0.25) is 0 Å². The first-order valence-electron chi connectivity index (χ1n) is 5.49. The molecule has 0 aromatic carbocycles. The number of nitriles is 1. The number of nitrogens with zero attached hydrogens (tertiary/aromatic N) is 3. The summed E-state index contributed by atoms with van der Waals surface area (Å²) in [6.07, 6.45) is 1.80. The van der Waals surface area contributed by atoms with Crippen molar-refractivity contribution in [2.24, 2.45) is 0 Å². The van der Waals surface area contributed by atoms with Crippen molar-refractivity contribution in [2.75, 3.05) is 31.7 Å². The molecule has 1 heterocycles. The van der Waals surface area contributed by atoms with Gasteiger partial charge >= 0.3 is 5.97 Å². The zero-order chi connectivity index (χ0) is 13.4. The van der Waals surface area contributed by atoms with Crippen LogP contribution in [0.15, 0.2) is 18.3 Å². The Morgan fingerprint density at radius 3 is 3.00 bits per heavy atom. The van der Waals surface area contributed by atoms with E-state index in [-0.39, 0.29) is 5.56 Å². The lowest BCUT2D eigenvalue weighted by molar-refractivity contribution is 0.0697. The fourth-order valence-corrected chi connectivity index (χ4v) is 1.45. The number of rotatable bonds is 7. The summed E-state index contributed by atoms with van der Waals surface area (Å²) in [6, 6.07) is 4.99. The number of carboxylic acids is 1. The molecule has 6 nitrogen and oxygen atoms in total. The molecule has 1 aromatic heterocycles. The van der Waals surface area contributed by atoms with Crippen LogP contribution < -0.4 is 4.90 Å². The largest absolute Gasteiger partial charge is 0.478 e. The van der Waals surface area contributed by atoms with Crippen LogP contribution in [0.4, 0.5) is 5.82 Å². The second-order valence-corrected chi connectivity index (χ2v) is 3.60. The van der Waals surface area contributed by atoms with Crippen molar-refractivity contribution in [1.82, 2.24) is 4.98 Å². The molecule has 0 atom stereocenters. The second kappa shape index (κ2) is 7.25. The predicted octanol–water partition coefficient (Wildman–Crippen LogP) is 1.15. The third-order valence-electron chi connectivity index (χ3n) is 2.38. The summed E-state index contributed by atoms with van der Waals surface area (Å²) >= 11 is 0. The fourth-order valence-electron chi connectivity index (χ4n) is 1.45. The lowest BCUT2D eigenvalue weighted by atomic mass is 10.2. The van der Waals surface area contributed by atoms with Gasteiger partial charge in [-0.25, -0.2) is 9.78 Å². The Hall–Kier alpha value is -2.13. The first-order chi connectivity index (χ1) is 8.69. The molecule has 0 fully saturated rings. The molecule has 0 saturated carbocycles. The Morgan fingerprint density at radius 1 is 1.61 bits per heavy atom. The molecule has 18 heavy (non-hydrogen) atoms. The van der Waals surface area contributed by atoms with Gasteiger partial charge in [-0.1, -0.05) is 0 Å². The quantitative estimate of drug-likeness (QED) is 0.780. The summed E-state index contributed by atoms with van der Waals surface area (Å²) in [5, 5.41) is 17.5. The Balaban J connectivity index is 2.86. The van der Waals surface area contributed by atoms with Gasteiger partial charge < -0.3 is 14.7 Å². The van der Waals surface area contributed by atoms with Crippen molar-refractivity contribution < 1.29 is 14.6 Å². The van der Waals surface area contributed by atoms with Gasteiger partial charge in [0.2, 0.25) is 0 Å². The Morgan fingerprint density at radius 2 is 2.39 bits per heavy atom. The summed E-state index contributed by atoms with van der Waals surface area (Å²) in [4.78, 5) is 16.8. The number of aromatic nitrogens is 1. The Labute approximate surface area is 105 Å². The van der Waals surface area contributed by atoms with Gasteiger partial charge in [-0.05, 0) is 12.1 Å². The maximum atomic E-state index is 10.9. The van der Waals surface area contributed by atoms with E-state index < -0.39 is 5.97 Å². The third-order valence-corrected chi connectivity index (χ3v) is 2.38. The van der Waals surface area contributed by atoms with Crippen LogP contribution in [0, 0.1) is 11.3 Å². The first-order valence-corrected chi connectivity index (χ1v) is 5.49. The van der Waals surface area contributed by atoms with Gasteiger partial charge in [0.05, 0.1) is 24.7 Å². The summed E-state index contributed by atoms with van der Waals surface area (Å²) in [7, 11) is 1.59. The molecular weight excluding hydrogens is 234 g/mol. The molecule has 0 bridgehead atoms. The van der Waals surface area contributed by atoms with Crippen LogP contribution in [-0.4, -0.2) is 42.9 Å². The number of hydrogen-bond acceptors (Lipinski definition) is 5. The molecule has 0 spiro atoms. The molecular formula is C12H15N3O3. The molecule has 1 rings (SSSR count). The smallest absolute Gasteiger partial charge is 0.335 e. The Kier molecular flexibility index (Phi) is 5.61. The van der Waals surface area contributed by atoms with E-state index in [2.05, 4.69) is 11.1 Å². The maximum Gasteiger partial charge on any atom is 0.335 e. The van der Waals surface area contributed by atoms with Crippen LogP contribution in [0.1, 0.15) is 16.8 Å². The van der Waals surface area contributed by atoms with E-state index in [0.29, 0.717) is 31.9 Å². The molecule has 0 radical (unpaired) electrons. The maximum absolute atomic E-state index is 10.9. The molecule has 0 aliphatic carbocycles. The highest BCUT2D eigenvalue weighted by Crippen LogP contribution is 2.13. The minimum absolute atomic E-state index is 0.180. The second-order valence-electron chi connectivity index (χ2n) is 3.60. The average molecular weight is 249 g/mol. The molecule has 0 unspecified atom stereocenters. The summed E-state index contributed by atoms with van der Waals surface area (Å²) in [5.41, 5.74) is 0.180.